The van der Waals surface area contributed by atoms with Crippen molar-refractivity contribution < 1.29 is 4.79 Å². The highest BCUT2D eigenvalue weighted by molar-refractivity contribution is 5.81. The minimum Gasteiger partial charge on any atom is -0.309 e. The average molecular weight is 240 g/mol. The van der Waals surface area contributed by atoms with Crippen molar-refractivity contribution in [2.45, 2.75) is 38.5 Å². The second-order valence-electron chi connectivity index (χ2n) is 5.68. The molecule has 0 aromatic carbocycles. The zero-order valence-electron chi connectivity index (χ0n) is 11.7. The first kappa shape index (κ1) is 14.7. The van der Waals surface area contributed by atoms with E-state index in [9.17, 15) is 4.79 Å². The quantitative estimate of drug-likeness (QED) is 0.664. The summed E-state index contributed by atoms with van der Waals surface area (Å²) in [6.45, 7) is 3.19. The Morgan fingerprint density at radius 3 is 2.59 bits per heavy atom. The Hall–Kier alpha value is -0.410. The number of carbonyl (C=O) groups excluding carboxylic acids is 1. The van der Waals surface area contributed by atoms with E-state index in [0.29, 0.717) is 11.7 Å². The molecule has 0 aromatic heterocycles. The van der Waals surface area contributed by atoms with Gasteiger partial charge in [-0.3, -0.25) is 4.79 Å². The van der Waals surface area contributed by atoms with Gasteiger partial charge in [0.25, 0.3) is 0 Å². The van der Waals surface area contributed by atoms with Crippen LogP contribution in [0.25, 0.3) is 0 Å². The van der Waals surface area contributed by atoms with Gasteiger partial charge >= 0.3 is 0 Å². The normalized spacial score (nSPS) is 22.2. The molecule has 1 unspecified atom stereocenters. The molecule has 1 fully saturated rings. The minimum atomic E-state index is 0.307. The first-order chi connectivity index (χ1) is 8.09. The van der Waals surface area contributed by atoms with Crippen molar-refractivity contribution in [2.75, 3.05) is 40.8 Å². The summed E-state index contributed by atoms with van der Waals surface area (Å²) in [6, 6.07) is 0. The van der Waals surface area contributed by atoms with Gasteiger partial charge in [-0.1, -0.05) is 12.8 Å². The van der Waals surface area contributed by atoms with Crippen molar-refractivity contribution in [2.24, 2.45) is 5.92 Å². The molecular weight excluding hydrogens is 212 g/mol. The van der Waals surface area contributed by atoms with Crippen LogP contribution >= 0.6 is 0 Å². The van der Waals surface area contributed by atoms with Gasteiger partial charge in [0.15, 0.2) is 0 Å². The van der Waals surface area contributed by atoms with Crippen molar-refractivity contribution in [3.8, 4) is 0 Å². The number of nitrogens with zero attached hydrogens (tertiary/aromatic N) is 2. The van der Waals surface area contributed by atoms with E-state index in [2.05, 4.69) is 30.9 Å². The van der Waals surface area contributed by atoms with E-state index in [4.69, 9.17) is 0 Å². The van der Waals surface area contributed by atoms with Gasteiger partial charge in [0.1, 0.15) is 5.78 Å². The first-order valence-corrected chi connectivity index (χ1v) is 6.95. The average Bonchev–Trinajstić information content (AvgIpc) is 2.44. The van der Waals surface area contributed by atoms with Crippen LogP contribution in [-0.2, 0) is 4.79 Å². The molecule has 1 rings (SSSR count). The molecule has 0 aliphatic heterocycles. The van der Waals surface area contributed by atoms with E-state index in [-0.39, 0.29) is 0 Å². The summed E-state index contributed by atoms with van der Waals surface area (Å²) in [5, 5.41) is 0. The summed E-state index contributed by atoms with van der Waals surface area (Å²) in [5.41, 5.74) is 0. The number of rotatable bonds is 6. The van der Waals surface area contributed by atoms with Crippen molar-refractivity contribution in [3.05, 3.63) is 0 Å². The molecule has 1 aliphatic rings. The molecule has 1 aliphatic carbocycles. The maximum Gasteiger partial charge on any atom is 0.137 e. The van der Waals surface area contributed by atoms with E-state index < -0.39 is 0 Å². The maximum atomic E-state index is 11.9. The number of hydrogen-bond acceptors (Lipinski definition) is 3. The number of Topliss-reactive ketones (excluding diaryl/α,β-unsaturated/α-hetero) is 1. The predicted octanol–water partition coefficient (Wildman–Crippen LogP) is 2.02. The van der Waals surface area contributed by atoms with Crippen molar-refractivity contribution in [3.63, 3.8) is 0 Å². The molecular formula is C14H28N2O. The molecule has 0 aromatic rings. The largest absolute Gasteiger partial charge is 0.309 e. The highest BCUT2D eigenvalue weighted by atomic mass is 16.1. The van der Waals surface area contributed by atoms with Gasteiger partial charge in [0, 0.05) is 18.9 Å². The Labute approximate surface area is 106 Å². The smallest absolute Gasteiger partial charge is 0.137 e. The Morgan fingerprint density at radius 1 is 1.12 bits per heavy atom. The van der Waals surface area contributed by atoms with Crippen LogP contribution in [0.4, 0.5) is 0 Å². The second kappa shape index (κ2) is 7.83. The molecule has 0 bridgehead atoms. The van der Waals surface area contributed by atoms with Crippen LogP contribution < -0.4 is 0 Å². The summed E-state index contributed by atoms with van der Waals surface area (Å²) in [6.07, 6.45) is 6.70. The molecule has 0 saturated heterocycles. The van der Waals surface area contributed by atoms with Gasteiger partial charge in [-0.05, 0) is 53.5 Å². The molecule has 17 heavy (non-hydrogen) atoms. The second-order valence-corrected chi connectivity index (χ2v) is 5.68. The third-order valence-corrected chi connectivity index (χ3v) is 3.61. The molecule has 3 heteroatoms. The fourth-order valence-corrected chi connectivity index (χ4v) is 2.55. The summed E-state index contributed by atoms with van der Waals surface area (Å²) in [4.78, 5) is 16.4. The third kappa shape index (κ3) is 6.18. The molecule has 3 nitrogen and oxygen atoms in total. The first-order valence-electron chi connectivity index (χ1n) is 6.95. The molecule has 100 valence electrons. The van der Waals surface area contributed by atoms with E-state index in [1.54, 1.807) is 0 Å². The number of carbonyl (C=O) groups is 1. The van der Waals surface area contributed by atoms with E-state index in [0.717, 1.165) is 38.9 Å². The predicted molar refractivity (Wildman–Crippen MR) is 72.3 cm³/mol. The van der Waals surface area contributed by atoms with Gasteiger partial charge < -0.3 is 9.80 Å². The lowest BCUT2D eigenvalue weighted by Gasteiger charge is -2.22. The van der Waals surface area contributed by atoms with E-state index in [1.807, 2.05) is 0 Å². The Bertz CT molecular complexity index is 228. The monoisotopic (exact) mass is 240 g/mol. The molecule has 0 amide bonds. The van der Waals surface area contributed by atoms with Crippen LogP contribution in [0.3, 0.4) is 0 Å². The summed E-state index contributed by atoms with van der Waals surface area (Å²) in [5.74, 6) is 0.809. The number of hydrogen-bond donors (Lipinski definition) is 0. The lowest BCUT2D eigenvalue weighted by molar-refractivity contribution is -0.123. The van der Waals surface area contributed by atoms with Gasteiger partial charge in [0.2, 0.25) is 0 Å². The topological polar surface area (TPSA) is 23.6 Å². The fourth-order valence-electron chi connectivity index (χ4n) is 2.55. The zero-order valence-corrected chi connectivity index (χ0v) is 11.7. The Balaban J connectivity index is 2.23. The van der Waals surface area contributed by atoms with Crippen molar-refractivity contribution >= 4 is 5.78 Å². The van der Waals surface area contributed by atoms with E-state index >= 15 is 0 Å². The van der Waals surface area contributed by atoms with Gasteiger partial charge in [0.05, 0.1) is 0 Å². The van der Waals surface area contributed by atoms with Crippen LogP contribution in [0.1, 0.15) is 38.5 Å². The standard InChI is InChI=1S/C14H28N2O/c1-15(2)10-7-11-16(3)12-13-8-5-4-6-9-14(13)17/h13H,4-12H2,1-3H3. The summed E-state index contributed by atoms with van der Waals surface area (Å²) < 4.78 is 0. The Morgan fingerprint density at radius 2 is 1.88 bits per heavy atom. The van der Waals surface area contributed by atoms with Crippen molar-refractivity contribution in [1.82, 2.24) is 9.80 Å². The fraction of sp³-hybridized carbons (Fsp3) is 0.929. The van der Waals surface area contributed by atoms with Crippen LogP contribution in [0.2, 0.25) is 0 Å². The van der Waals surface area contributed by atoms with Gasteiger partial charge in [-0.2, -0.15) is 0 Å². The molecule has 0 radical (unpaired) electrons. The lowest BCUT2D eigenvalue weighted by atomic mass is 9.98. The third-order valence-electron chi connectivity index (χ3n) is 3.61. The molecule has 1 saturated carbocycles. The summed E-state index contributed by atoms with van der Waals surface area (Å²) >= 11 is 0. The van der Waals surface area contributed by atoms with Crippen LogP contribution in [-0.4, -0.2) is 56.4 Å². The SMILES string of the molecule is CN(C)CCCN(C)CC1CCCCCC1=O. The highest BCUT2D eigenvalue weighted by Crippen LogP contribution is 2.20. The maximum absolute atomic E-state index is 11.9. The summed E-state index contributed by atoms with van der Waals surface area (Å²) in [7, 11) is 6.36. The highest BCUT2D eigenvalue weighted by Gasteiger charge is 2.21. The van der Waals surface area contributed by atoms with Gasteiger partial charge in [-0.15, -0.1) is 0 Å². The van der Waals surface area contributed by atoms with E-state index in [1.165, 1.54) is 19.3 Å². The molecule has 0 heterocycles. The molecule has 0 spiro atoms. The van der Waals surface area contributed by atoms with Crippen LogP contribution in [0, 0.1) is 5.92 Å². The minimum absolute atomic E-state index is 0.307. The van der Waals surface area contributed by atoms with Crippen molar-refractivity contribution in [1.29, 1.82) is 0 Å². The van der Waals surface area contributed by atoms with Crippen LogP contribution in [0.5, 0.6) is 0 Å². The van der Waals surface area contributed by atoms with Gasteiger partial charge in [-0.25, -0.2) is 0 Å². The zero-order chi connectivity index (χ0) is 12.7. The molecule has 1 atom stereocenters. The molecule has 0 N–H and O–H groups in total. The van der Waals surface area contributed by atoms with Crippen LogP contribution in [0.15, 0.2) is 0 Å². The lowest BCUT2D eigenvalue weighted by Crippen LogP contribution is -2.31. The number of ketones is 1. The Kier molecular flexibility index (Phi) is 6.75.